The molecule has 3 saturated carbocycles. The summed E-state index contributed by atoms with van der Waals surface area (Å²) in [5.41, 5.74) is 4.77. The second-order valence-corrected chi connectivity index (χ2v) is 9.99. The number of allylic oxidation sites excluding steroid dienone is 6. The summed E-state index contributed by atoms with van der Waals surface area (Å²) in [4.78, 5) is 10.6. The normalized spacial score (nSPS) is 33.8. The number of rotatable bonds is 1. The third-order valence-corrected chi connectivity index (χ3v) is 7.71. The number of fused-ring (bicyclic) bond motifs is 6. The molecule has 4 N–H and O–H groups in total. The van der Waals surface area contributed by atoms with Crippen molar-refractivity contribution in [3.05, 3.63) is 36.5 Å². The molecular formula is C29H35B2N2O2. The summed E-state index contributed by atoms with van der Waals surface area (Å²) in [6.07, 6.45) is 23.1. The van der Waals surface area contributed by atoms with E-state index in [1.54, 1.807) is 0 Å². The van der Waals surface area contributed by atoms with Gasteiger partial charge in [0.15, 0.2) is 7.85 Å². The summed E-state index contributed by atoms with van der Waals surface area (Å²) in [5, 5.41) is 14.0. The number of carbonyl (C=O) groups is 1. The Morgan fingerprint density at radius 2 is 1.34 bits per heavy atom. The van der Waals surface area contributed by atoms with Crippen LogP contribution >= 0.6 is 0 Å². The fourth-order valence-corrected chi connectivity index (χ4v) is 5.97. The standard InChI is InChI=1S/C8H10O2.C8H12.C7H10.C6H2BN.BHN/c9-8(10)7-4-5-1-2-6(7)3-5;1-6-4-7-2-3-8(6)5-7;1-2-7-4-3-6(1)5-7;7-5-3-1-2-4-6-8;1-2/h1-2,5-7H,3-4H2,(H,9,10);2-3,6-8H,4-5H2,1H3;1-2,6-7H,3-5H2;8H2;2H. The first-order valence-corrected chi connectivity index (χ1v) is 12.5. The first-order chi connectivity index (χ1) is 17.0. The summed E-state index contributed by atoms with van der Waals surface area (Å²) in [6.45, 7) is 2.37. The Balaban J connectivity index is 0.000000162. The number of hydrogen-bond acceptors (Lipinski definition) is 3. The van der Waals surface area contributed by atoms with Crippen LogP contribution in [0.2, 0.25) is 0 Å². The predicted molar refractivity (Wildman–Crippen MR) is 143 cm³/mol. The minimum atomic E-state index is -0.614. The van der Waals surface area contributed by atoms with Gasteiger partial charge in [-0.3, -0.25) is 4.79 Å². The van der Waals surface area contributed by atoms with Gasteiger partial charge < -0.3 is 10.8 Å². The van der Waals surface area contributed by atoms with Crippen LogP contribution in [0.3, 0.4) is 0 Å². The van der Waals surface area contributed by atoms with Crippen LogP contribution in [0.25, 0.3) is 0 Å². The smallest absolute Gasteiger partial charge is 0.189 e. The van der Waals surface area contributed by atoms with Crippen molar-refractivity contribution in [2.75, 3.05) is 0 Å². The van der Waals surface area contributed by atoms with Gasteiger partial charge in [0.05, 0.1) is 5.92 Å². The summed E-state index contributed by atoms with van der Waals surface area (Å²) in [6, 6.07) is 2.09. The summed E-state index contributed by atoms with van der Waals surface area (Å²) >= 11 is 0. The van der Waals surface area contributed by atoms with E-state index < -0.39 is 5.97 Å². The molecule has 3 fully saturated rings. The largest absolute Gasteiger partial charge is 0.359 e. The molecule has 179 valence electrons. The van der Waals surface area contributed by atoms with Gasteiger partial charge in [-0.25, -0.2) is 0 Å². The number of nitrogens with two attached hydrogens (primary N) is 1. The van der Waals surface area contributed by atoms with E-state index in [0.29, 0.717) is 11.8 Å². The molecule has 0 saturated heterocycles. The second-order valence-electron chi connectivity index (χ2n) is 9.99. The zero-order chi connectivity index (χ0) is 25.6. The minimum absolute atomic E-state index is 0.0741. The van der Waals surface area contributed by atoms with Crippen molar-refractivity contribution < 1.29 is 9.90 Å². The van der Waals surface area contributed by atoms with Gasteiger partial charge in [-0.1, -0.05) is 43.4 Å². The van der Waals surface area contributed by atoms with Crippen LogP contribution in [-0.4, -0.2) is 26.6 Å². The molecule has 0 amide bonds. The second kappa shape index (κ2) is 15.2. The molecule has 0 aliphatic heterocycles. The minimum Gasteiger partial charge on any atom is -0.359 e. The van der Waals surface area contributed by atoms with Crippen LogP contribution in [0, 0.1) is 88.2 Å². The van der Waals surface area contributed by atoms with E-state index in [9.17, 15) is 4.79 Å². The van der Waals surface area contributed by atoms with Crippen molar-refractivity contribution in [2.24, 2.45) is 53.1 Å². The molecule has 4 nitrogen and oxygen atoms in total. The van der Waals surface area contributed by atoms with E-state index in [4.69, 9.17) is 24.0 Å². The molecular weight excluding hydrogens is 430 g/mol. The topological polar surface area (TPSA) is 87.2 Å². The summed E-state index contributed by atoms with van der Waals surface area (Å²) in [7, 11) is 8.52. The monoisotopic (exact) mass is 465 g/mol. The maximum absolute atomic E-state index is 10.6. The van der Waals surface area contributed by atoms with Gasteiger partial charge >= 0.3 is 18.9 Å². The molecule has 0 heterocycles. The average Bonchev–Trinajstić information content (AvgIpc) is 3.73. The molecule has 0 aromatic heterocycles. The number of carboxylic acids is 1. The zero-order valence-electron chi connectivity index (χ0n) is 20.6. The number of nitrogens with one attached hydrogen (secondary N) is 1. The molecule has 0 aromatic carbocycles. The van der Waals surface area contributed by atoms with Gasteiger partial charge in [0.25, 0.3) is 0 Å². The molecule has 8 atom stereocenters. The first kappa shape index (κ1) is 28.3. The van der Waals surface area contributed by atoms with Gasteiger partial charge in [-0.05, 0) is 98.2 Å². The molecule has 0 spiro atoms. The van der Waals surface area contributed by atoms with Gasteiger partial charge in [0, 0.05) is 17.9 Å². The molecule has 0 aromatic rings. The van der Waals surface area contributed by atoms with Crippen molar-refractivity contribution in [2.45, 2.75) is 51.9 Å². The van der Waals surface area contributed by atoms with E-state index in [-0.39, 0.29) is 5.92 Å². The average molecular weight is 465 g/mol. The Morgan fingerprint density at radius 3 is 1.60 bits per heavy atom. The SMILES string of the molecule is C1=CC2CCC1C2.CC1CC2C=CC1C2.O=C(O)C1CC2C=CC1C2.[B]=N.[B]C#CC#CC#CN. The van der Waals surface area contributed by atoms with Crippen LogP contribution in [0.15, 0.2) is 36.5 Å². The summed E-state index contributed by atoms with van der Waals surface area (Å²) < 4.78 is 0. The molecule has 6 aliphatic rings. The van der Waals surface area contributed by atoms with Gasteiger partial charge in [0.1, 0.15) is 0 Å². The van der Waals surface area contributed by atoms with Crippen molar-refractivity contribution in [3.8, 4) is 35.5 Å². The zero-order valence-corrected chi connectivity index (χ0v) is 20.6. The number of carboxylic acid groups (broad SMARTS) is 1. The quantitative estimate of drug-likeness (QED) is 0.232. The molecule has 6 rings (SSSR count). The Kier molecular flexibility index (Phi) is 12.3. The van der Waals surface area contributed by atoms with Crippen LogP contribution in [-0.2, 0) is 4.79 Å². The van der Waals surface area contributed by atoms with Gasteiger partial charge in [-0.2, -0.15) is 5.82 Å². The maximum atomic E-state index is 10.6. The Bertz CT molecular complexity index is 949. The van der Waals surface area contributed by atoms with Crippen molar-refractivity contribution >= 4 is 21.5 Å². The van der Waals surface area contributed by atoms with Crippen molar-refractivity contribution in [3.63, 3.8) is 0 Å². The Morgan fingerprint density at radius 1 is 0.800 bits per heavy atom. The molecule has 8 unspecified atom stereocenters. The third kappa shape index (κ3) is 9.00. The molecule has 6 aliphatic carbocycles. The van der Waals surface area contributed by atoms with Crippen LogP contribution in [0.5, 0.6) is 0 Å². The first-order valence-electron chi connectivity index (χ1n) is 12.5. The Hall–Kier alpha value is -2.90. The van der Waals surface area contributed by atoms with Crippen LogP contribution in [0.4, 0.5) is 0 Å². The Labute approximate surface area is 213 Å². The van der Waals surface area contributed by atoms with Gasteiger partial charge in [0.2, 0.25) is 0 Å². The van der Waals surface area contributed by atoms with Crippen molar-refractivity contribution in [1.82, 2.24) is 0 Å². The van der Waals surface area contributed by atoms with Gasteiger partial charge in [-0.15, -0.1) is 0 Å². The third-order valence-electron chi connectivity index (χ3n) is 7.71. The van der Waals surface area contributed by atoms with Crippen LogP contribution in [0.1, 0.15) is 51.9 Å². The van der Waals surface area contributed by atoms with Crippen LogP contribution < -0.4 is 5.73 Å². The number of hydrogen-bond donors (Lipinski definition) is 3. The number of aliphatic carboxylic acids is 1. The predicted octanol–water partition coefficient (Wildman–Crippen LogP) is 4.43. The van der Waals surface area contributed by atoms with E-state index >= 15 is 0 Å². The molecule has 6 bridgehead atoms. The molecule has 3 radical (unpaired) electrons. The van der Waals surface area contributed by atoms with E-state index in [1.165, 1.54) is 32.1 Å². The van der Waals surface area contributed by atoms with E-state index in [0.717, 1.165) is 42.4 Å². The maximum Gasteiger partial charge on any atom is 0.189 e. The molecule has 6 heteroatoms. The fraction of sp³-hybridized carbons (Fsp3) is 0.552. The summed E-state index contributed by atoms with van der Waals surface area (Å²) in [5.74, 6) is 16.5. The van der Waals surface area contributed by atoms with E-state index in [2.05, 4.69) is 86.6 Å². The van der Waals surface area contributed by atoms with Crippen molar-refractivity contribution in [1.29, 1.82) is 5.31 Å². The molecule has 35 heavy (non-hydrogen) atoms. The van der Waals surface area contributed by atoms with E-state index in [1.807, 2.05) is 0 Å². The fourth-order valence-electron chi connectivity index (χ4n) is 5.97.